The highest BCUT2D eigenvalue weighted by atomic mass is 32.2. The van der Waals surface area contributed by atoms with Crippen molar-refractivity contribution in [2.24, 2.45) is 0 Å². The van der Waals surface area contributed by atoms with Crippen LogP contribution in [0, 0.1) is 0 Å². The van der Waals surface area contributed by atoms with Gasteiger partial charge in [0.15, 0.2) is 9.84 Å². The molecule has 2 aliphatic rings. The minimum absolute atomic E-state index is 0.00270. The summed E-state index contributed by atoms with van der Waals surface area (Å²) in [5.74, 6) is 1.48. The van der Waals surface area contributed by atoms with Gasteiger partial charge in [-0.05, 0) is 42.3 Å². The predicted molar refractivity (Wildman–Crippen MR) is 115 cm³/mol. The Balaban J connectivity index is 1.58. The molecule has 0 aromatic heterocycles. The number of carbonyl (C=O) groups excluding carboxylic acids is 1. The fourth-order valence-corrected chi connectivity index (χ4v) is 6.45. The van der Waals surface area contributed by atoms with Gasteiger partial charge in [0.1, 0.15) is 11.5 Å². The Bertz CT molecular complexity index is 1030. The molecule has 8 heteroatoms. The second-order valence-electron chi connectivity index (χ2n) is 7.71. The molecule has 0 bridgehead atoms. The molecule has 0 radical (unpaired) electrons. The largest absolute Gasteiger partial charge is 0.497 e. The summed E-state index contributed by atoms with van der Waals surface area (Å²) in [6.45, 7) is 0.756. The van der Waals surface area contributed by atoms with Gasteiger partial charge < -0.3 is 14.4 Å². The van der Waals surface area contributed by atoms with Gasteiger partial charge in [0.2, 0.25) is 5.91 Å². The Labute approximate surface area is 177 Å². The highest BCUT2D eigenvalue weighted by Gasteiger charge is 2.49. The molecule has 2 atom stereocenters. The van der Waals surface area contributed by atoms with Crippen LogP contribution in [0.25, 0.3) is 0 Å². The summed E-state index contributed by atoms with van der Waals surface area (Å²) in [6, 6.07) is 14.4. The van der Waals surface area contributed by atoms with Crippen molar-refractivity contribution in [3.63, 3.8) is 0 Å². The van der Waals surface area contributed by atoms with E-state index in [9.17, 15) is 13.2 Å². The molecule has 2 saturated heterocycles. The number of piperazine rings is 1. The molecule has 1 amide bonds. The SMILES string of the molecule is COc1ccc(OC)c(CCN2CC(=O)N(c3ccccc3)C3CS(=O)(=O)CC32)c1. The highest BCUT2D eigenvalue weighted by molar-refractivity contribution is 7.91. The molecule has 2 unspecified atom stereocenters. The second kappa shape index (κ2) is 8.28. The van der Waals surface area contributed by atoms with Crippen LogP contribution in [0.2, 0.25) is 0 Å². The van der Waals surface area contributed by atoms with E-state index in [0.29, 0.717) is 13.0 Å². The molecule has 0 aliphatic carbocycles. The quantitative estimate of drug-likeness (QED) is 0.695. The summed E-state index contributed by atoms with van der Waals surface area (Å²) in [7, 11) is 0.0175. The maximum atomic E-state index is 13.0. The lowest BCUT2D eigenvalue weighted by Crippen LogP contribution is -2.62. The molecule has 2 fully saturated rings. The lowest BCUT2D eigenvalue weighted by atomic mass is 10.0. The number of sulfone groups is 1. The minimum atomic E-state index is -3.21. The molecule has 0 N–H and O–H groups in total. The first kappa shape index (κ1) is 20.7. The number of carbonyl (C=O) groups is 1. The predicted octanol–water partition coefficient (Wildman–Crippen LogP) is 1.76. The molecule has 4 rings (SSSR count). The number of para-hydroxylation sites is 1. The lowest BCUT2D eigenvalue weighted by molar-refractivity contribution is -0.123. The number of nitrogens with zero attached hydrogens (tertiary/aromatic N) is 2. The fraction of sp³-hybridized carbons (Fsp3) is 0.409. The monoisotopic (exact) mass is 430 g/mol. The fourth-order valence-electron chi connectivity index (χ4n) is 4.47. The van der Waals surface area contributed by atoms with Gasteiger partial charge in [-0.2, -0.15) is 0 Å². The van der Waals surface area contributed by atoms with Crippen LogP contribution in [-0.4, -0.2) is 70.1 Å². The number of methoxy groups -OCH3 is 2. The van der Waals surface area contributed by atoms with Gasteiger partial charge in [-0.25, -0.2) is 8.42 Å². The van der Waals surface area contributed by atoms with Crippen molar-refractivity contribution in [1.82, 2.24) is 4.90 Å². The highest BCUT2D eigenvalue weighted by Crippen LogP contribution is 2.32. The molecule has 2 aromatic rings. The first-order valence-corrected chi connectivity index (χ1v) is 11.8. The van der Waals surface area contributed by atoms with E-state index in [4.69, 9.17) is 9.47 Å². The van der Waals surface area contributed by atoms with Crippen molar-refractivity contribution in [2.75, 3.05) is 43.7 Å². The van der Waals surface area contributed by atoms with Crippen molar-refractivity contribution in [2.45, 2.75) is 18.5 Å². The molecule has 2 aliphatic heterocycles. The van der Waals surface area contributed by atoms with Gasteiger partial charge in [-0.3, -0.25) is 9.69 Å². The zero-order chi connectivity index (χ0) is 21.3. The number of hydrogen-bond acceptors (Lipinski definition) is 6. The van der Waals surface area contributed by atoms with Crippen LogP contribution in [-0.2, 0) is 21.1 Å². The Hall–Kier alpha value is -2.58. The van der Waals surface area contributed by atoms with E-state index in [0.717, 1.165) is 22.7 Å². The molecular formula is C22H26N2O5S. The van der Waals surface area contributed by atoms with Crippen LogP contribution < -0.4 is 14.4 Å². The van der Waals surface area contributed by atoms with Gasteiger partial charge in [0.05, 0.1) is 38.3 Å². The van der Waals surface area contributed by atoms with E-state index in [1.165, 1.54) is 0 Å². The van der Waals surface area contributed by atoms with Gasteiger partial charge in [0.25, 0.3) is 0 Å². The molecule has 2 heterocycles. The average molecular weight is 431 g/mol. The van der Waals surface area contributed by atoms with Crippen LogP contribution in [0.15, 0.2) is 48.5 Å². The molecular weight excluding hydrogens is 404 g/mol. The van der Waals surface area contributed by atoms with Crippen molar-refractivity contribution < 1.29 is 22.7 Å². The van der Waals surface area contributed by atoms with Crippen molar-refractivity contribution in [1.29, 1.82) is 0 Å². The molecule has 2 aromatic carbocycles. The Kier molecular flexibility index (Phi) is 5.71. The number of hydrogen-bond donors (Lipinski definition) is 0. The molecule has 30 heavy (non-hydrogen) atoms. The summed E-state index contributed by atoms with van der Waals surface area (Å²) < 4.78 is 35.7. The van der Waals surface area contributed by atoms with Crippen LogP contribution in [0.5, 0.6) is 11.5 Å². The molecule has 0 spiro atoms. The summed E-state index contributed by atoms with van der Waals surface area (Å²) in [5.41, 5.74) is 1.72. The third kappa shape index (κ3) is 4.02. The first-order valence-electron chi connectivity index (χ1n) is 9.94. The van der Waals surface area contributed by atoms with Crippen LogP contribution >= 0.6 is 0 Å². The van der Waals surface area contributed by atoms with Gasteiger partial charge in [-0.15, -0.1) is 0 Å². The Morgan fingerprint density at radius 2 is 1.73 bits per heavy atom. The topological polar surface area (TPSA) is 76.2 Å². The molecule has 0 saturated carbocycles. The average Bonchev–Trinajstić information content (AvgIpc) is 3.07. The summed E-state index contributed by atoms with van der Waals surface area (Å²) in [6.07, 6.45) is 0.627. The number of fused-ring (bicyclic) bond motifs is 1. The van der Waals surface area contributed by atoms with Crippen molar-refractivity contribution in [3.05, 3.63) is 54.1 Å². The van der Waals surface area contributed by atoms with Gasteiger partial charge >= 0.3 is 0 Å². The first-order chi connectivity index (χ1) is 14.4. The van der Waals surface area contributed by atoms with E-state index >= 15 is 0 Å². The maximum absolute atomic E-state index is 13.0. The van der Waals surface area contributed by atoms with E-state index in [-0.39, 0.29) is 36.0 Å². The van der Waals surface area contributed by atoms with Crippen LogP contribution in [0.4, 0.5) is 5.69 Å². The van der Waals surface area contributed by atoms with E-state index < -0.39 is 9.84 Å². The maximum Gasteiger partial charge on any atom is 0.241 e. The third-order valence-electron chi connectivity index (χ3n) is 5.89. The second-order valence-corrected chi connectivity index (χ2v) is 9.86. The number of anilines is 1. The number of benzene rings is 2. The van der Waals surface area contributed by atoms with Gasteiger partial charge in [-0.1, -0.05) is 18.2 Å². The summed E-state index contributed by atoms with van der Waals surface area (Å²) >= 11 is 0. The number of ether oxygens (including phenoxy) is 2. The number of rotatable bonds is 6. The number of amides is 1. The zero-order valence-electron chi connectivity index (χ0n) is 17.2. The van der Waals surface area contributed by atoms with Crippen molar-refractivity contribution >= 4 is 21.4 Å². The van der Waals surface area contributed by atoms with Crippen molar-refractivity contribution in [3.8, 4) is 11.5 Å². The Morgan fingerprint density at radius 3 is 2.43 bits per heavy atom. The zero-order valence-corrected chi connectivity index (χ0v) is 18.0. The van der Waals surface area contributed by atoms with Crippen LogP contribution in [0.3, 0.4) is 0 Å². The lowest BCUT2D eigenvalue weighted by Gasteiger charge is -2.43. The smallest absolute Gasteiger partial charge is 0.241 e. The summed E-state index contributed by atoms with van der Waals surface area (Å²) in [4.78, 5) is 16.7. The third-order valence-corrected chi connectivity index (χ3v) is 7.59. The van der Waals surface area contributed by atoms with E-state index in [2.05, 4.69) is 0 Å². The van der Waals surface area contributed by atoms with Gasteiger partial charge in [0, 0.05) is 18.3 Å². The standard InChI is InChI=1S/C22H26N2O5S/c1-28-18-8-9-21(29-2)16(12-18)10-11-23-13-22(25)24(17-6-4-3-5-7-17)20-15-30(26,27)14-19(20)23/h3-9,12,19-20H,10-11,13-15H2,1-2H3. The molecule has 160 valence electrons. The normalized spacial score (nSPS) is 23.3. The summed E-state index contributed by atoms with van der Waals surface area (Å²) in [5, 5.41) is 0. The van der Waals surface area contributed by atoms with E-state index in [1.807, 2.05) is 53.4 Å². The molecule has 7 nitrogen and oxygen atoms in total. The minimum Gasteiger partial charge on any atom is -0.497 e. The van der Waals surface area contributed by atoms with E-state index in [1.54, 1.807) is 19.1 Å². The van der Waals surface area contributed by atoms with Crippen LogP contribution in [0.1, 0.15) is 5.56 Å². The Morgan fingerprint density at radius 1 is 1.00 bits per heavy atom.